The zero-order valence-electron chi connectivity index (χ0n) is 13.6. The molecule has 0 unspecified atom stereocenters. The molecule has 4 rings (SSSR count). The Balaban J connectivity index is 1.46. The SMILES string of the molecule is Cc1cccc(OC2CN(C(=O)c3cc(=O)c4ccccc4o3)C2)n1. The van der Waals surface area contributed by atoms with E-state index in [2.05, 4.69) is 4.98 Å². The maximum Gasteiger partial charge on any atom is 0.289 e. The monoisotopic (exact) mass is 336 g/mol. The second kappa shape index (κ2) is 6.05. The highest BCUT2D eigenvalue weighted by Crippen LogP contribution is 2.20. The molecule has 0 aliphatic carbocycles. The van der Waals surface area contributed by atoms with Gasteiger partial charge in [0.2, 0.25) is 5.88 Å². The van der Waals surface area contributed by atoms with Gasteiger partial charge in [0.25, 0.3) is 5.91 Å². The van der Waals surface area contributed by atoms with Crippen LogP contribution in [0.4, 0.5) is 0 Å². The Morgan fingerprint density at radius 3 is 2.80 bits per heavy atom. The summed E-state index contributed by atoms with van der Waals surface area (Å²) in [5.41, 5.74) is 1.07. The third kappa shape index (κ3) is 2.98. The van der Waals surface area contributed by atoms with E-state index in [4.69, 9.17) is 9.15 Å². The second-order valence-corrected chi connectivity index (χ2v) is 6.04. The van der Waals surface area contributed by atoms with Gasteiger partial charge in [-0.25, -0.2) is 4.98 Å². The lowest BCUT2D eigenvalue weighted by Crippen LogP contribution is -2.56. The van der Waals surface area contributed by atoms with Crippen molar-refractivity contribution in [2.24, 2.45) is 0 Å². The van der Waals surface area contributed by atoms with E-state index in [1.54, 1.807) is 35.2 Å². The maximum atomic E-state index is 12.5. The van der Waals surface area contributed by atoms with Crippen LogP contribution in [0, 0.1) is 6.92 Å². The van der Waals surface area contributed by atoms with Crippen LogP contribution in [-0.2, 0) is 0 Å². The highest BCUT2D eigenvalue weighted by molar-refractivity contribution is 5.93. The summed E-state index contributed by atoms with van der Waals surface area (Å²) in [6, 6.07) is 13.7. The molecule has 0 bridgehead atoms. The van der Waals surface area contributed by atoms with Crippen LogP contribution in [0.1, 0.15) is 16.2 Å². The van der Waals surface area contributed by atoms with Crippen molar-refractivity contribution in [2.75, 3.05) is 13.1 Å². The van der Waals surface area contributed by atoms with Crippen molar-refractivity contribution in [3.05, 3.63) is 70.2 Å². The Morgan fingerprint density at radius 1 is 1.20 bits per heavy atom. The lowest BCUT2D eigenvalue weighted by molar-refractivity contribution is 0.0138. The molecular formula is C19H16N2O4. The van der Waals surface area contributed by atoms with Crippen molar-refractivity contribution in [2.45, 2.75) is 13.0 Å². The zero-order valence-corrected chi connectivity index (χ0v) is 13.6. The zero-order chi connectivity index (χ0) is 17.4. The van der Waals surface area contributed by atoms with Gasteiger partial charge < -0.3 is 14.1 Å². The van der Waals surface area contributed by atoms with Gasteiger partial charge in [-0.1, -0.05) is 18.2 Å². The number of fused-ring (bicyclic) bond motifs is 1. The highest BCUT2D eigenvalue weighted by atomic mass is 16.5. The van der Waals surface area contributed by atoms with Crippen molar-refractivity contribution in [3.8, 4) is 5.88 Å². The van der Waals surface area contributed by atoms with Gasteiger partial charge in [0.05, 0.1) is 18.5 Å². The summed E-state index contributed by atoms with van der Waals surface area (Å²) < 4.78 is 11.3. The summed E-state index contributed by atoms with van der Waals surface area (Å²) in [7, 11) is 0. The fourth-order valence-electron chi connectivity index (χ4n) is 2.80. The van der Waals surface area contributed by atoms with Crippen LogP contribution < -0.4 is 10.2 Å². The van der Waals surface area contributed by atoms with Gasteiger partial charge in [-0.3, -0.25) is 9.59 Å². The molecule has 0 saturated carbocycles. The Morgan fingerprint density at radius 2 is 2.00 bits per heavy atom. The van der Waals surface area contributed by atoms with Crippen LogP contribution in [0.25, 0.3) is 11.0 Å². The molecular weight excluding hydrogens is 320 g/mol. The molecule has 3 aromatic rings. The van der Waals surface area contributed by atoms with Crippen molar-refractivity contribution in [1.82, 2.24) is 9.88 Å². The van der Waals surface area contributed by atoms with Gasteiger partial charge in [-0.15, -0.1) is 0 Å². The summed E-state index contributed by atoms with van der Waals surface area (Å²) >= 11 is 0. The molecule has 1 aromatic carbocycles. The summed E-state index contributed by atoms with van der Waals surface area (Å²) in [6.45, 7) is 2.77. The molecule has 25 heavy (non-hydrogen) atoms. The molecule has 1 amide bonds. The Kier molecular flexibility index (Phi) is 3.72. The van der Waals surface area contributed by atoms with Crippen molar-refractivity contribution in [1.29, 1.82) is 0 Å². The van der Waals surface area contributed by atoms with E-state index in [1.807, 2.05) is 19.1 Å². The molecule has 1 aliphatic heterocycles. The van der Waals surface area contributed by atoms with E-state index in [1.165, 1.54) is 6.07 Å². The summed E-state index contributed by atoms with van der Waals surface area (Å²) in [5, 5.41) is 0.467. The first-order valence-electron chi connectivity index (χ1n) is 8.02. The number of nitrogens with zero attached hydrogens (tertiary/aromatic N) is 2. The van der Waals surface area contributed by atoms with Crippen molar-refractivity contribution < 1.29 is 13.9 Å². The number of aryl methyl sites for hydroxylation is 1. The number of likely N-dealkylation sites (tertiary alicyclic amines) is 1. The van der Waals surface area contributed by atoms with Crippen LogP contribution >= 0.6 is 0 Å². The first-order chi connectivity index (χ1) is 12.1. The standard InChI is InChI=1S/C19H16N2O4/c1-12-5-4-8-18(20-12)24-13-10-21(11-13)19(23)17-9-15(22)14-6-2-3-7-16(14)25-17/h2-9,13H,10-11H2,1H3. The third-order valence-electron chi connectivity index (χ3n) is 4.13. The maximum absolute atomic E-state index is 12.5. The molecule has 0 radical (unpaired) electrons. The number of para-hydroxylation sites is 1. The molecule has 0 atom stereocenters. The number of carbonyl (C=O) groups excluding carboxylic acids is 1. The lowest BCUT2D eigenvalue weighted by atomic mass is 10.1. The molecule has 1 aliphatic rings. The van der Waals surface area contributed by atoms with Crippen LogP contribution in [0.15, 0.2) is 57.7 Å². The first-order valence-corrected chi connectivity index (χ1v) is 8.02. The number of rotatable bonds is 3. The van der Waals surface area contributed by atoms with Gasteiger partial charge in [0.15, 0.2) is 11.2 Å². The van der Waals surface area contributed by atoms with E-state index < -0.39 is 0 Å². The third-order valence-corrected chi connectivity index (χ3v) is 4.13. The smallest absolute Gasteiger partial charge is 0.289 e. The first kappa shape index (κ1) is 15.4. The Bertz CT molecular complexity index is 1010. The van der Waals surface area contributed by atoms with Gasteiger partial charge in [0.1, 0.15) is 11.7 Å². The van der Waals surface area contributed by atoms with Gasteiger partial charge in [-0.2, -0.15) is 0 Å². The average Bonchev–Trinajstić information content (AvgIpc) is 2.57. The minimum atomic E-state index is -0.306. The average molecular weight is 336 g/mol. The lowest BCUT2D eigenvalue weighted by Gasteiger charge is -2.38. The Hall–Kier alpha value is -3.15. The summed E-state index contributed by atoms with van der Waals surface area (Å²) in [5.74, 6) is 0.296. The second-order valence-electron chi connectivity index (χ2n) is 6.04. The molecule has 2 aromatic heterocycles. The van der Waals surface area contributed by atoms with E-state index in [9.17, 15) is 9.59 Å². The Labute approximate surface area is 143 Å². The predicted molar refractivity (Wildman–Crippen MR) is 91.8 cm³/mol. The molecule has 0 spiro atoms. The fourth-order valence-corrected chi connectivity index (χ4v) is 2.80. The molecule has 1 fully saturated rings. The topological polar surface area (TPSA) is 72.6 Å². The van der Waals surface area contributed by atoms with Crippen LogP contribution in [0.5, 0.6) is 5.88 Å². The van der Waals surface area contributed by atoms with Crippen molar-refractivity contribution in [3.63, 3.8) is 0 Å². The summed E-state index contributed by atoms with van der Waals surface area (Å²) in [6.07, 6.45) is -0.106. The molecule has 6 nitrogen and oxygen atoms in total. The number of amides is 1. The van der Waals surface area contributed by atoms with Gasteiger partial charge in [0, 0.05) is 17.8 Å². The van der Waals surface area contributed by atoms with E-state index in [0.717, 1.165) is 5.69 Å². The molecule has 6 heteroatoms. The quantitative estimate of drug-likeness (QED) is 0.734. The molecule has 3 heterocycles. The van der Waals surface area contributed by atoms with E-state index in [0.29, 0.717) is 29.9 Å². The fraction of sp³-hybridized carbons (Fsp3) is 0.211. The largest absolute Gasteiger partial charge is 0.471 e. The van der Waals surface area contributed by atoms with Crippen LogP contribution in [-0.4, -0.2) is 35.0 Å². The molecule has 126 valence electrons. The number of hydrogen-bond acceptors (Lipinski definition) is 5. The predicted octanol–water partition coefficient (Wildman–Crippen LogP) is 2.40. The van der Waals surface area contributed by atoms with Gasteiger partial charge in [-0.05, 0) is 25.1 Å². The number of pyridine rings is 1. The number of benzene rings is 1. The van der Waals surface area contributed by atoms with Crippen LogP contribution in [0.3, 0.4) is 0 Å². The minimum Gasteiger partial charge on any atom is -0.471 e. The number of ether oxygens (including phenoxy) is 1. The van der Waals surface area contributed by atoms with Crippen molar-refractivity contribution >= 4 is 16.9 Å². The minimum absolute atomic E-state index is 0.0517. The normalized spacial score (nSPS) is 14.4. The molecule has 1 saturated heterocycles. The number of carbonyl (C=O) groups is 1. The number of hydrogen-bond donors (Lipinski definition) is 0. The molecule has 0 N–H and O–H groups in total. The van der Waals surface area contributed by atoms with E-state index in [-0.39, 0.29) is 23.2 Å². The highest BCUT2D eigenvalue weighted by Gasteiger charge is 2.34. The number of aromatic nitrogens is 1. The van der Waals surface area contributed by atoms with Crippen LogP contribution in [0.2, 0.25) is 0 Å². The van der Waals surface area contributed by atoms with E-state index >= 15 is 0 Å². The summed E-state index contributed by atoms with van der Waals surface area (Å²) in [4.78, 5) is 30.5. The van der Waals surface area contributed by atoms with Gasteiger partial charge >= 0.3 is 0 Å².